The minimum atomic E-state index is -2.63. The van der Waals surface area contributed by atoms with Crippen molar-refractivity contribution in [2.24, 2.45) is 0 Å². The predicted molar refractivity (Wildman–Crippen MR) is 186 cm³/mol. The Bertz CT molecular complexity index is 1710. The summed E-state index contributed by atoms with van der Waals surface area (Å²) >= 11 is 15.2. The molecule has 0 spiro atoms. The highest BCUT2D eigenvalue weighted by Gasteiger charge is 2.32. The van der Waals surface area contributed by atoms with Crippen molar-refractivity contribution in [2.45, 2.75) is 51.6 Å². The van der Waals surface area contributed by atoms with Crippen LogP contribution in [-0.4, -0.2) is 47.6 Å². The summed E-state index contributed by atoms with van der Waals surface area (Å²) in [6.07, 6.45) is -2.08. The number of carbonyl (C=O) groups is 2. The first kappa shape index (κ1) is 35.9. The average Bonchev–Trinajstić information content (AvgIpc) is 3.63. The van der Waals surface area contributed by atoms with Gasteiger partial charge in [0, 0.05) is 46.8 Å². The van der Waals surface area contributed by atoms with Crippen molar-refractivity contribution < 1.29 is 27.2 Å². The maximum absolute atomic E-state index is 12.3. The normalized spacial score (nSPS) is 17.5. The summed E-state index contributed by atoms with van der Waals surface area (Å²) in [5.41, 5.74) is 6.77. The topological polar surface area (TPSA) is 40.6 Å². The van der Waals surface area contributed by atoms with Gasteiger partial charge in [0.1, 0.15) is 0 Å². The van der Waals surface area contributed by atoms with E-state index in [4.69, 9.17) is 23.2 Å². The number of fused-ring (bicyclic) bond motifs is 2. The maximum atomic E-state index is 12.3. The van der Waals surface area contributed by atoms with Gasteiger partial charge in [-0.05, 0) is 71.5 Å². The molecule has 2 aliphatic rings. The molecule has 2 aliphatic heterocycles. The van der Waals surface area contributed by atoms with Gasteiger partial charge in [-0.25, -0.2) is 17.6 Å². The quantitative estimate of drug-likeness (QED) is 0.146. The first-order chi connectivity index (χ1) is 22.9. The number of nitrogens with zero attached hydrogens (tertiary/aromatic N) is 2. The van der Waals surface area contributed by atoms with E-state index in [0.717, 1.165) is 55.3 Å². The zero-order chi connectivity index (χ0) is 34.5. The highest BCUT2D eigenvalue weighted by atomic mass is 35.5. The van der Waals surface area contributed by atoms with Gasteiger partial charge in [0.25, 0.3) is 12.9 Å². The Morgan fingerprint density at radius 1 is 0.688 bits per heavy atom. The van der Waals surface area contributed by atoms with Gasteiger partial charge in [0.2, 0.25) is 11.8 Å². The molecule has 6 rings (SSSR count). The Morgan fingerprint density at radius 3 is 1.42 bits per heavy atom. The van der Waals surface area contributed by atoms with Crippen molar-refractivity contribution >= 4 is 57.7 Å². The molecule has 0 radical (unpaired) electrons. The molecule has 0 fully saturated rings. The van der Waals surface area contributed by atoms with Crippen molar-refractivity contribution in [1.29, 1.82) is 0 Å². The Morgan fingerprint density at radius 2 is 1.06 bits per heavy atom. The third kappa shape index (κ3) is 8.58. The fraction of sp³-hybridized carbons (Fsp3) is 0.278. The van der Waals surface area contributed by atoms with Crippen LogP contribution in [0.15, 0.2) is 85.0 Å². The number of rotatable bonds is 6. The zero-order valence-electron chi connectivity index (χ0n) is 26.0. The zero-order valence-corrected chi connectivity index (χ0v) is 29.2. The van der Waals surface area contributed by atoms with E-state index in [-0.39, 0.29) is 11.8 Å². The highest BCUT2D eigenvalue weighted by molar-refractivity contribution is 7.16. The molecule has 0 aliphatic carbocycles. The Labute approximate surface area is 294 Å². The van der Waals surface area contributed by atoms with Gasteiger partial charge in [-0.15, -0.1) is 22.7 Å². The van der Waals surface area contributed by atoms with Crippen LogP contribution in [0, 0.1) is 13.8 Å². The van der Waals surface area contributed by atoms with E-state index < -0.39 is 24.7 Å². The first-order valence-corrected chi connectivity index (χ1v) is 17.5. The van der Waals surface area contributed by atoms with Crippen molar-refractivity contribution in [3.8, 4) is 0 Å². The van der Waals surface area contributed by atoms with E-state index in [9.17, 15) is 27.2 Å². The minimum Gasteiger partial charge on any atom is -0.333 e. The molecular weight excluding hydrogens is 703 g/mol. The summed E-state index contributed by atoms with van der Waals surface area (Å²) in [6, 6.07) is 19.9. The van der Waals surface area contributed by atoms with Gasteiger partial charge >= 0.3 is 0 Å². The fourth-order valence-corrected chi connectivity index (χ4v) is 8.83. The van der Waals surface area contributed by atoms with Crippen LogP contribution >= 0.6 is 45.9 Å². The molecule has 48 heavy (non-hydrogen) atoms. The first-order valence-electron chi connectivity index (χ1n) is 15.1. The minimum absolute atomic E-state index is 0.00241. The van der Waals surface area contributed by atoms with E-state index in [1.54, 1.807) is 9.80 Å². The number of amides is 2. The van der Waals surface area contributed by atoms with Crippen LogP contribution in [0.4, 0.5) is 17.6 Å². The van der Waals surface area contributed by atoms with E-state index in [0.29, 0.717) is 47.0 Å². The molecule has 2 amide bonds. The molecule has 0 bridgehead atoms. The fourth-order valence-electron chi connectivity index (χ4n) is 6.11. The van der Waals surface area contributed by atoms with Gasteiger partial charge < -0.3 is 9.80 Å². The highest BCUT2D eigenvalue weighted by Crippen LogP contribution is 2.42. The third-order valence-corrected chi connectivity index (χ3v) is 10.9. The Balaban J connectivity index is 0.000000188. The van der Waals surface area contributed by atoms with Gasteiger partial charge in [-0.3, -0.25) is 9.59 Å². The maximum Gasteiger partial charge on any atom is 0.257 e. The molecule has 2 aromatic carbocycles. The number of aryl methyl sites for hydroxylation is 2. The summed E-state index contributed by atoms with van der Waals surface area (Å²) < 4.78 is 50.7. The van der Waals surface area contributed by atoms with E-state index in [1.807, 2.05) is 74.5 Å². The van der Waals surface area contributed by atoms with Gasteiger partial charge in [0.05, 0.1) is 21.8 Å². The summed E-state index contributed by atoms with van der Waals surface area (Å²) in [6.45, 7) is 5.78. The smallest absolute Gasteiger partial charge is 0.257 e. The van der Waals surface area contributed by atoms with Crippen molar-refractivity contribution in [1.82, 2.24) is 9.80 Å². The molecule has 0 unspecified atom stereocenters. The Hall–Kier alpha value is -3.44. The van der Waals surface area contributed by atoms with E-state index in [1.165, 1.54) is 22.7 Å². The van der Waals surface area contributed by atoms with Gasteiger partial charge in [-0.1, -0.05) is 71.7 Å². The summed E-state index contributed by atoms with van der Waals surface area (Å²) in [7, 11) is 0. The summed E-state index contributed by atoms with van der Waals surface area (Å²) in [4.78, 5) is 29.7. The number of halogens is 6. The van der Waals surface area contributed by atoms with Crippen molar-refractivity contribution in [2.75, 3.05) is 13.1 Å². The molecule has 4 aromatic rings. The Kier molecular flexibility index (Phi) is 11.8. The summed E-state index contributed by atoms with van der Waals surface area (Å²) in [5, 5.41) is 0. The third-order valence-electron chi connectivity index (χ3n) is 8.37. The molecule has 0 N–H and O–H groups in total. The van der Waals surface area contributed by atoms with Crippen LogP contribution in [0.3, 0.4) is 0 Å². The number of hydrogen-bond acceptors (Lipinski definition) is 4. The lowest BCUT2D eigenvalue weighted by Gasteiger charge is -2.33. The number of hydrogen-bond donors (Lipinski definition) is 0. The number of carbonyl (C=O) groups excluding carboxylic acids is 2. The lowest BCUT2D eigenvalue weighted by molar-refractivity contribution is -0.127. The second-order valence-electron chi connectivity index (χ2n) is 11.5. The van der Waals surface area contributed by atoms with Crippen LogP contribution in [0.5, 0.6) is 0 Å². The molecule has 2 atom stereocenters. The predicted octanol–water partition coefficient (Wildman–Crippen LogP) is 10.0. The second kappa shape index (κ2) is 15.8. The summed E-state index contributed by atoms with van der Waals surface area (Å²) in [5.74, 6) is -0.793. The van der Waals surface area contributed by atoms with E-state index in [2.05, 4.69) is 0 Å². The molecule has 0 saturated carbocycles. The number of thiophene rings is 2. The van der Waals surface area contributed by atoms with Gasteiger partial charge in [0.15, 0.2) is 0 Å². The molecule has 4 heterocycles. The lowest BCUT2D eigenvalue weighted by atomic mass is 9.86. The molecule has 2 aromatic heterocycles. The lowest BCUT2D eigenvalue weighted by Crippen LogP contribution is -2.37. The number of benzene rings is 2. The molecule has 12 heteroatoms. The van der Waals surface area contributed by atoms with Gasteiger partial charge in [-0.2, -0.15) is 0 Å². The van der Waals surface area contributed by atoms with Crippen LogP contribution in [0.2, 0.25) is 8.67 Å². The largest absolute Gasteiger partial charge is 0.333 e. The van der Waals surface area contributed by atoms with E-state index >= 15 is 0 Å². The number of allylic oxidation sites excluding steroid dienone is 2. The van der Waals surface area contributed by atoms with Crippen LogP contribution in [-0.2, 0) is 22.7 Å². The second-order valence-corrected chi connectivity index (χ2v) is 15.0. The molecule has 0 saturated heterocycles. The van der Waals surface area contributed by atoms with Crippen LogP contribution < -0.4 is 0 Å². The van der Waals surface area contributed by atoms with Crippen LogP contribution in [0.1, 0.15) is 55.0 Å². The SMILES string of the molecule is Cc1ccccc1[C@@H]1CN(C(=O)/C=C/C(F)F)Cc2sc(Cl)cc21.Cc1ccccc1[C@H]1CN(C(=O)/C=C/C(F)F)Cc2sc(Cl)cc21. The standard InChI is InChI=1S/2C18H16ClF2NOS/c2*1-11-4-2-3-5-12(11)14-9-22(18(23)7-6-17(20)21)10-15-13(14)8-16(19)24-15/h2*2-8,14,17H,9-10H2,1H3/b2*7-6+/t2*14-/m10/s1. The molecule has 4 nitrogen and oxygen atoms in total. The van der Waals surface area contributed by atoms with Crippen LogP contribution in [0.25, 0.3) is 0 Å². The molecular formula is C36H32Cl2F4N2O2S2. The average molecular weight is 736 g/mol. The molecule has 252 valence electrons. The monoisotopic (exact) mass is 734 g/mol. The van der Waals surface area contributed by atoms with Crippen molar-refractivity contribution in [3.05, 3.63) is 137 Å². The van der Waals surface area contributed by atoms with Crippen molar-refractivity contribution in [3.63, 3.8) is 0 Å². The number of alkyl halides is 4.